The molecule has 0 radical (unpaired) electrons. The largest absolute Gasteiger partial charge is 0.479 e. The molecule has 79 heavy (non-hydrogen) atoms. The minimum absolute atomic E-state index is 0.0411. The number of aliphatic carboxylic acids is 1. The highest BCUT2D eigenvalue weighted by molar-refractivity contribution is 5.74. The standard InChI is InChI=1S/C67H112O12/c1-4-7-10-13-16-19-22-24-26-28-30-32-34-36-39-41-44-47-50-53-59(68)75-56-58(77-60(69)54-51-48-45-42-38-21-18-15-12-9-6-3)57-76-67-65(63(72)62(71)64(79-67)66(73)74)78-61(70)55-52-49-46-43-40-37-35-33-31-29-27-25-23-20-17-14-11-8-5-2/h15-20,24-27,30-33,58,62-65,67,71-72H,4-14,21-23,28-29,34-57H2,1-3H3,(H,73,74)/b18-15-,19-16-,20-17-,26-24-,27-25-,32-30-,33-31-. The number of aliphatic hydroxyl groups excluding tert-OH is 2. The number of ether oxygens (including phenoxy) is 5. The molecule has 0 aromatic carbocycles. The molecule has 1 heterocycles. The Morgan fingerprint density at radius 3 is 1.20 bits per heavy atom. The maximum atomic E-state index is 13.1. The lowest BCUT2D eigenvalue weighted by atomic mass is 9.98. The highest BCUT2D eigenvalue weighted by atomic mass is 16.7. The van der Waals surface area contributed by atoms with Crippen LogP contribution in [-0.2, 0) is 42.9 Å². The number of carboxylic acid groups (broad SMARTS) is 1. The first-order chi connectivity index (χ1) is 38.6. The van der Waals surface area contributed by atoms with Crippen LogP contribution in [0.25, 0.3) is 0 Å². The van der Waals surface area contributed by atoms with Crippen LogP contribution >= 0.6 is 0 Å². The van der Waals surface area contributed by atoms with E-state index in [9.17, 15) is 34.5 Å². The smallest absolute Gasteiger partial charge is 0.335 e. The Morgan fingerprint density at radius 2 is 0.772 bits per heavy atom. The van der Waals surface area contributed by atoms with Crippen LogP contribution in [0.5, 0.6) is 0 Å². The monoisotopic (exact) mass is 1110 g/mol. The van der Waals surface area contributed by atoms with Crippen molar-refractivity contribution in [3.8, 4) is 0 Å². The zero-order valence-electron chi connectivity index (χ0n) is 49.8. The summed E-state index contributed by atoms with van der Waals surface area (Å²) in [6.07, 6.45) is 58.3. The van der Waals surface area contributed by atoms with E-state index in [1.807, 2.05) is 0 Å². The van der Waals surface area contributed by atoms with Crippen LogP contribution in [-0.4, -0.2) is 89.2 Å². The van der Waals surface area contributed by atoms with E-state index in [2.05, 4.69) is 106 Å². The van der Waals surface area contributed by atoms with E-state index in [1.54, 1.807) is 0 Å². The lowest BCUT2D eigenvalue weighted by Crippen LogP contribution is -2.61. The van der Waals surface area contributed by atoms with Crippen LogP contribution in [0.15, 0.2) is 85.1 Å². The molecule has 6 unspecified atom stereocenters. The molecule has 0 spiro atoms. The fourth-order valence-electron chi connectivity index (χ4n) is 9.01. The van der Waals surface area contributed by atoms with Crippen molar-refractivity contribution in [1.29, 1.82) is 0 Å². The zero-order valence-corrected chi connectivity index (χ0v) is 49.8. The van der Waals surface area contributed by atoms with Crippen molar-refractivity contribution < 1.29 is 58.2 Å². The number of allylic oxidation sites excluding steroid dienone is 14. The zero-order chi connectivity index (χ0) is 57.5. The SMILES string of the molecule is CCCC/C=C\CCCCCCCC(=O)OC(COC(=O)CCCCCCCC/C=C\C/C=C\C/C=C\CCCCC)COC1OC(C(=O)O)C(O)C(O)C1OC(=O)CCCCCCCC/C=C\C/C=C\C/C=C\CCCCC. The molecule has 0 aromatic heterocycles. The third-order valence-corrected chi connectivity index (χ3v) is 13.9. The second-order valence-corrected chi connectivity index (χ2v) is 21.3. The second kappa shape index (κ2) is 54.5. The third kappa shape index (κ3) is 44.3. The van der Waals surface area contributed by atoms with Crippen LogP contribution in [0.2, 0.25) is 0 Å². The van der Waals surface area contributed by atoms with E-state index < -0.39 is 67.3 Å². The van der Waals surface area contributed by atoms with Gasteiger partial charge in [-0.2, -0.15) is 0 Å². The highest BCUT2D eigenvalue weighted by Crippen LogP contribution is 2.26. The van der Waals surface area contributed by atoms with Crippen molar-refractivity contribution in [3.63, 3.8) is 0 Å². The van der Waals surface area contributed by atoms with Gasteiger partial charge in [-0.1, -0.05) is 215 Å². The number of carbonyl (C=O) groups is 4. The number of carbonyl (C=O) groups excluding carboxylic acids is 3. The number of hydrogen-bond acceptors (Lipinski definition) is 11. The van der Waals surface area contributed by atoms with Gasteiger partial charge in [-0.3, -0.25) is 14.4 Å². The van der Waals surface area contributed by atoms with E-state index in [0.29, 0.717) is 19.3 Å². The molecule has 0 aromatic rings. The minimum atomic E-state index is -1.91. The average molecular weight is 1110 g/mol. The molecule has 6 atom stereocenters. The molecule has 1 aliphatic rings. The molecule has 12 heteroatoms. The molecule has 1 rings (SSSR count). The van der Waals surface area contributed by atoms with Crippen molar-refractivity contribution in [1.82, 2.24) is 0 Å². The second-order valence-electron chi connectivity index (χ2n) is 21.3. The summed E-state index contributed by atoms with van der Waals surface area (Å²) in [5.74, 6) is -3.16. The van der Waals surface area contributed by atoms with Gasteiger partial charge in [0.2, 0.25) is 0 Å². The third-order valence-electron chi connectivity index (χ3n) is 13.9. The van der Waals surface area contributed by atoms with E-state index in [1.165, 1.54) is 64.2 Å². The molecule has 1 saturated heterocycles. The Hall–Kier alpha value is -4.10. The van der Waals surface area contributed by atoms with Crippen molar-refractivity contribution in [2.24, 2.45) is 0 Å². The number of rotatable bonds is 53. The Labute approximate surface area is 480 Å². The number of unbranched alkanes of at least 4 members (excludes halogenated alkanes) is 25. The summed E-state index contributed by atoms with van der Waals surface area (Å²) in [5, 5.41) is 31.5. The molecular formula is C67H112O12. The van der Waals surface area contributed by atoms with Crippen LogP contribution in [0.3, 0.4) is 0 Å². The van der Waals surface area contributed by atoms with Gasteiger partial charge in [-0.15, -0.1) is 0 Å². The summed E-state index contributed by atoms with van der Waals surface area (Å²) >= 11 is 0. The van der Waals surface area contributed by atoms with Crippen LogP contribution < -0.4 is 0 Å². The quantitative estimate of drug-likeness (QED) is 0.0228. The van der Waals surface area contributed by atoms with E-state index in [0.717, 1.165) is 141 Å². The molecule has 452 valence electrons. The molecule has 12 nitrogen and oxygen atoms in total. The van der Waals surface area contributed by atoms with Crippen molar-refractivity contribution in [3.05, 3.63) is 85.1 Å². The van der Waals surface area contributed by atoms with Gasteiger partial charge in [-0.25, -0.2) is 4.79 Å². The maximum Gasteiger partial charge on any atom is 0.335 e. The van der Waals surface area contributed by atoms with Gasteiger partial charge >= 0.3 is 23.9 Å². The molecule has 0 aliphatic carbocycles. The highest BCUT2D eigenvalue weighted by Gasteiger charge is 2.50. The normalized spacial score (nSPS) is 18.4. The molecule has 0 amide bonds. The summed E-state index contributed by atoms with van der Waals surface area (Å²) in [4.78, 5) is 51.2. The van der Waals surface area contributed by atoms with E-state index in [4.69, 9.17) is 23.7 Å². The van der Waals surface area contributed by atoms with Gasteiger partial charge in [0.15, 0.2) is 24.6 Å². The molecule has 1 fully saturated rings. The van der Waals surface area contributed by atoms with Gasteiger partial charge in [0, 0.05) is 19.3 Å². The summed E-state index contributed by atoms with van der Waals surface area (Å²) in [6, 6.07) is 0. The number of carboxylic acids is 1. The number of esters is 3. The first-order valence-corrected chi connectivity index (χ1v) is 31.6. The Balaban J connectivity index is 2.65. The van der Waals surface area contributed by atoms with Gasteiger partial charge in [-0.05, 0) is 116 Å². The van der Waals surface area contributed by atoms with Crippen LogP contribution in [0.4, 0.5) is 0 Å². The summed E-state index contributed by atoms with van der Waals surface area (Å²) in [6.45, 7) is 5.88. The minimum Gasteiger partial charge on any atom is -0.479 e. The van der Waals surface area contributed by atoms with Crippen LogP contribution in [0.1, 0.15) is 265 Å². The first kappa shape index (κ1) is 72.9. The summed E-state index contributed by atoms with van der Waals surface area (Å²) < 4.78 is 28.4. The topological polar surface area (TPSA) is 175 Å². The van der Waals surface area contributed by atoms with Gasteiger partial charge in [0.25, 0.3) is 0 Å². The van der Waals surface area contributed by atoms with E-state index in [-0.39, 0.29) is 25.9 Å². The predicted octanol–water partition coefficient (Wildman–Crippen LogP) is 16.7. The van der Waals surface area contributed by atoms with Crippen LogP contribution in [0, 0.1) is 0 Å². The summed E-state index contributed by atoms with van der Waals surface area (Å²) in [7, 11) is 0. The first-order valence-electron chi connectivity index (χ1n) is 31.6. The predicted molar refractivity (Wildman–Crippen MR) is 321 cm³/mol. The molecular weight excluding hydrogens is 997 g/mol. The number of hydrogen-bond donors (Lipinski definition) is 3. The molecule has 1 aliphatic heterocycles. The lowest BCUT2D eigenvalue weighted by molar-refractivity contribution is -0.301. The van der Waals surface area contributed by atoms with Crippen molar-refractivity contribution >= 4 is 23.9 Å². The Morgan fingerprint density at radius 1 is 0.418 bits per heavy atom. The summed E-state index contributed by atoms with van der Waals surface area (Å²) in [5.41, 5.74) is 0. The van der Waals surface area contributed by atoms with Gasteiger partial charge < -0.3 is 39.0 Å². The Bertz CT molecular complexity index is 1700. The number of aliphatic hydroxyl groups is 2. The average Bonchev–Trinajstić information content (AvgIpc) is 3.47. The van der Waals surface area contributed by atoms with Gasteiger partial charge in [0.1, 0.15) is 18.8 Å². The fourth-order valence-corrected chi connectivity index (χ4v) is 9.01. The van der Waals surface area contributed by atoms with Gasteiger partial charge in [0.05, 0.1) is 6.61 Å². The van der Waals surface area contributed by atoms with E-state index >= 15 is 0 Å². The Kier molecular flexibility index (Phi) is 50.3. The fraction of sp³-hybridized carbons (Fsp3) is 0.731. The molecule has 0 saturated carbocycles. The molecule has 0 bridgehead atoms. The molecule has 3 N–H and O–H groups in total. The lowest BCUT2D eigenvalue weighted by Gasteiger charge is -2.40. The van der Waals surface area contributed by atoms with Crippen molar-refractivity contribution in [2.45, 2.75) is 302 Å². The maximum absolute atomic E-state index is 13.1. The van der Waals surface area contributed by atoms with Crippen molar-refractivity contribution in [2.75, 3.05) is 13.2 Å².